The minimum Gasteiger partial charge on any atom is -0.290 e. The summed E-state index contributed by atoms with van der Waals surface area (Å²) < 4.78 is 1.64. The molecule has 1 aromatic heterocycles. The van der Waals surface area contributed by atoms with Crippen molar-refractivity contribution in [3.8, 4) is 28.1 Å². The SMILES string of the molecule is Cc1ccc(-c2c(-c3ccccc3)[nH]n(-c3ccc(C)c(C)c3)c2=O)cc1. The van der Waals surface area contributed by atoms with E-state index in [0.29, 0.717) is 5.56 Å². The van der Waals surface area contributed by atoms with Gasteiger partial charge >= 0.3 is 0 Å². The van der Waals surface area contributed by atoms with Gasteiger partial charge in [-0.15, -0.1) is 0 Å². The smallest absolute Gasteiger partial charge is 0.279 e. The number of aromatic amines is 1. The molecule has 0 bridgehead atoms. The fourth-order valence-corrected chi connectivity index (χ4v) is 3.29. The summed E-state index contributed by atoms with van der Waals surface area (Å²) in [5.41, 5.74) is 7.79. The van der Waals surface area contributed by atoms with E-state index in [0.717, 1.165) is 28.1 Å². The number of hydrogen-bond donors (Lipinski definition) is 1. The molecule has 1 N–H and O–H groups in total. The van der Waals surface area contributed by atoms with Crippen LogP contribution in [-0.2, 0) is 0 Å². The summed E-state index contributed by atoms with van der Waals surface area (Å²) in [4.78, 5) is 13.4. The summed E-state index contributed by atoms with van der Waals surface area (Å²) in [5, 5.41) is 3.35. The van der Waals surface area contributed by atoms with Crippen LogP contribution in [0.25, 0.3) is 28.1 Å². The second kappa shape index (κ2) is 6.76. The Kier molecular flexibility index (Phi) is 4.28. The summed E-state index contributed by atoms with van der Waals surface area (Å²) in [7, 11) is 0. The van der Waals surface area contributed by atoms with Gasteiger partial charge in [0.15, 0.2) is 0 Å². The number of hydrogen-bond acceptors (Lipinski definition) is 1. The zero-order valence-corrected chi connectivity index (χ0v) is 15.8. The summed E-state index contributed by atoms with van der Waals surface area (Å²) in [5.74, 6) is 0. The van der Waals surface area contributed by atoms with Crippen molar-refractivity contribution in [1.29, 1.82) is 0 Å². The van der Waals surface area contributed by atoms with Gasteiger partial charge in [0.2, 0.25) is 0 Å². The Bertz CT molecular complexity index is 1150. The molecule has 0 spiro atoms. The van der Waals surface area contributed by atoms with Gasteiger partial charge in [0.05, 0.1) is 16.9 Å². The Morgan fingerprint density at radius 3 is 2.11 bits per heavy atom. The molecule has 0 aliphatic rings. The highest BCUT2D eigenvalue weighted by Crippen LogP contribution is 2.29. The number of aromatic nitrogens is 2. The molecule has 0 amide bonds. The van der Waals surface area contributed by atoms with Crippen molar-refractivity contribution >= 4 is 0 Å². The molecule has 4 aromatic rings. The molecule has 0 unspecified atom stereocenters. The number of H-pyrrole nitrogens is 1. The standard InChI is InChI=1S/C24H22N2O/c1-16-9-12-19(13-10-16)22-23(20-7-5-4-6-8-20)25-26(24(22)27)21-14-11-17(2)18(3)15-21/h4-15,25H,1-3H3. The zero-order valence-electron chi connectivity index (χ0n) is 15.8. The first-order chi connectivity index (χ1) is 13.0. The Labute approximate surface area is 158 Å². The zero-order chi connectivity index (χ0) is 19.0. The van der Waals surface area contributed by atoms with Crippen molar-refractivity contribution in [3.05, 3.63) is 99.8 Å². The number of rotatable bonds is 3. The van der Waals surface area contributed by atoms with Gasteiger partial charge in [-0.2, -0.15) is 0 Å². The molecule has 0 saturated heterocycles. The van der Waals surface area contributed by atoms with Crippen LogP contribution in [0, 0.1) is 20.8 Å². The maximum Gasteiger partial charge on any atom is 0.279 e. The van der Waals surface area contributed by atoms with E-state index < -0.39 is 0 Å². The quantitative estimate of drug-likeness (QED) is 0.524. The lowest BCUT2D eigenvalue weighted by Crippen LogP contribution is -2.15. The third kappa shape index (κ3) is 3.13. The van der Waals surface area contributed by atoms with Gasteiger partial charge < -0.3 is 0 Å². The van der Waals surface area contributed by atoms with Gasteiger partial charge in [0.1, 0.15) is 0 Å². The number of nitrogens with one attached hydrogen (secondary N) is 1. The second-order valence-electron chi connectivity index (χ2n) is 7.00. The Hall–Kier alpha value is -3.33. The maximum atomic E-state index is 13.4. The molecule has 27 heavy (non-hydrogen) atoms. The van der Waals surface area contributed by atoms with Crippen molar-refractivity contribution in [2.45, 2.75) is 20.8 Å². The molecule has 0 aliphatic heterocycles. The molecule has 0 atom stereocenters. The molecule has 0 radical (unpaired) electrons. The molecule has 3 nitrogen and oxygen atoms in total. The van der Waals surface area contributed by atoms with Crippen molar-refractivity contribution < 1.29 is 0 Å². The van der Waals surface area contributed by atoms with Crippen molar-refractivity contribution in [3.63, 3.8) is 0 Å². The first kappa shape index (κ1) is 17.1. The molecule has 3 heteroatoms. The van der Waals surface area contributed by atoms with Crippen LogP contribution in [0.2, 0.25) is 0 Å². The topological polar surface area (TPSA) is 37.8 Å². The van der Waals surface area contributed by atoms with Crippen LogP contribution in [0.4, 0.5) is 0 Å². The Morgan fingerprint density at radius 2 is 1.44 bits per heavy atom. The number of benzene rings is 3. The molecule has 134 valence electrons. The highest BCUT2D eigenvalue weighted by atomic mass is 16.1. The van der Waals surface area contributed by atoms with Crippen molar-refractivity contribution in [1.82, 2.24) is 9.78 Å². The lowest BCUT2D eigenvalue weighted by Gasteiger charge is -2.05. The Balaban J connectivity index is 1.98. The van der Waals surface area contributed by atoms with Crippen LogP contribution < -0.4 is 5.56 Å². The highest BCUT2D eigenvalue weighted by molar-refractivity contribution is 5.80. The summed E-state index contributed by atoms with van der Waals surface area (Å²) >= 11 is 0. The third-order valence-electron chi connectivity index (χ3n) is 5.04. The summed E-state index contributed by atoms with van der Waals surface area (Å²) in [6.45, 7) is 6.18. The van der Waals surface area contributed by atoms with Gasteiger partial charge in [-0.25, -0.2) is 4.68 Å². The predicted octanol–water partition coefficient (Wildman–Crippen LogP) is 5.42. The minimum absolute atomic E-state index is 0.0408. The maximum absolute atomic E-state index is 13.4. The monoisotopic (exact) mass is 354 g/mol. The van der Waals surface area contributed by atoms with Crippen molar-refractivity contribution in [2.24, 2.45) is 0 Å². The van der Waals surface area contributed by atoms with E-state index >= 15 is 0 Å². The van der Waals surface area contributed by atoms with Crippen LogP contribution in [0.5, 0.6) is 0 Å². The highest BCUT2D eigenvalue weighted by Gasteiger charge is 2.18. The van der Waals surface area contributed by atoms with Gasteiger partial charge in [0, 0.05) is 5.56 Å². The molecule has 0 saturated carbocycles. The van der Waals surface area contributed by atoms with Crippen LogP contribution in [0.3, 0.4) is 0 Å². The third-order valence-corrected chi connectivity index (χ3v) is 5.04. The molecule has 0 aliphatic carbocycles. The first-order valence-corrected chi connectivity index (χ1v) is 9.10. The molecule has 1 heterocycles. The van der Waals surface area contributed by atoms with Gasteiger partial charge in [-0.3, -0.25) is 9.89 Å². The van der Waals surface area contributed by atoms with E-state index in [1.54, 1.807) is 4.68 Å². The largest absolute Gasteiger partial charge is 0.290 e. The van der Waals surface area contributed by atoms with Crippen molar-refractivity contribution in [2.75, 3.05) is 0 Å². The lowest BCUT2D eigenvalue weighted by atomic mass is 10.0. The van der Waals surface area contributed by atoms with E-state index in [1.165, 1.54) is 11.1 Å². The van der Waals surface area contributed by atoms with Gasteiger partial charge in [-0.05, 0) is 49.6 Å². The minimum atomic E-state index is -0.0408. The van der Waals surface area contributed by atoms with Crippen LogP contribution in [0.1, 0.15) is 16.7 Å². The summed E-state index contributed by atoms with van der Waals surface area (Å²) in [6.07, 6.45) is 0. The normalized spacial score (nSPS) is 10.9. The molecule has 0 fully saturated rings. The van der Waals surface area contributed by atoms with E-state index in [-0.39, 0.29) is 5.56 Å². The second-order valence-corrected chi connectivity index (χ2v) is 7.00. The number of nitrogens with zero attached hydrogens (tertiary/aromatic N) is 1. The van der Waals surface area contributed by atoms with Crippen LogP contribution >= 0.6 is 0 Å². The lowest BCUT2D eigenvalue weighted by molar-refractivity contribution is 0.851. The molecule has 4 rings (SSSR count). The van der Waals surface area contributed by atoms with E-state index in [2.05, 4.69) is 18.9 Å². The number of aryl methyl sites for hydroxylation is 3. The van der Waals surface area contributed by atoms with Crippen LogP contribution in [0.15, 0.2) is 77.6 Å². The van der Waals surface area contributed by atoms with Gasteiger partial charge in [-0.1, -0.05) is 66.2 Å². The van der Waals surface area contributed by atoms with Gasteiger partial charge in [0.25, 0.3) is 5.56 Å². The van der Waals surface area contributed by atoms with E-state index in [1.807, 2.05) is 79.7 Å². The average molecular weight is 354 g/mol. The van der Waals surface area contributed by atoms with E-state index in [4.69, 9.17) is 0 Å². The first-order valence-electron chi connectivity index (χ1n) is 9.10. The fourth-order valence-electron chi connectivity index (χ4n) is 3.29. The Morgan fingerprint density at radius 1 is 0.741 bits per heavy atom. The predicted molar refractivity (Wildman–Crippen MR) is 111 cm³/mol. The fraction of sp³-hybridized carbons (Fsp3) is 0.125. The average Bonchev–Trinajstić information content (AvgIpc) is 3.03. The summed E-state index contributed by atoms with van der Waals surface area (Å²) in [6, 6.07) is 24.2. The molecule has 3 aromatic carbocycles. The van der Waals surface area contributed by atoms with Crippen LogP contribution in [-0.4, -0.2) is 9.78 Å². The van der Waals surface area contributed by atoms with E-state index in [9.17, 15) is 4.79 Å². The molecular weight excluding hydrogens is 332 g/mol. The molecular formula is C24H22N2O.